The SMILES string of the molecule is Cc1cccc(N2C(=NC(=O)Cc3ccccc3)S[C@@H]3CS(=O)(=O)C[C@@H]32)c1C. The number of hydrogen-bond donors (Lipinski definition) is 0. The summed E-state index contributed by atoms with van der Waals surface area (Å²) in [7, 11) is -3.07. The van der Waals surface area contributed by atoms with Crippen molar-refractivity contribution in [2.24, 2.45) is 4.99 Å². The van der Waals surface area contributed by atoms with Gasteiger partial charge in [0.05, 0.1) is 24.0 Å². The molecule has 0 radical (unpaired) electrons. The van der Waals surface area contributed by atoms with E-state index in [1.807, 2.05) is 67.3 Å². The average molecular weight is 415 g/mol. The summed E-state index contributed by atoms with van der Waals surface area (Å²) in [6.45, 7) is 4.05. The fraction of sp³-hybridized carbons (Fsp3) is 0.333. The minimum Gasteiger partial charge on any atom is -0.315 e. The molecule has 2 aromatic carbocycles. The Morgan fingerprint density at radius 3 is 2.61 bits per heavy atom. The summed E-state index contributed by atoms with van der Waals surface area (Å²) >= 11 is 1.42. The third kappa shape index (κ3) is 3.73. The van der Waals surface area contributed by atoms with E-state index >= 15 is 0 Å². The zero-order valence-electron chi connectivity index (χ0n) is 15.8. The van der Waals surface area contributed by atoms with Crippen molar-refractivity contribution in [3.63, 3.8) is 0 Å². The first-order valence-electron chi connectivity index (χ1n) is 9.22. The number of carbonyl (C=O) groups excluding carboxylic acids is 1. The number of hydrogen-bond acceptors (Lipinski definition) is 4. The van der Waals surface area contributed by atoms with Crippen LogP contribution >= 0.6 is 11.8 Å². The van der Waals surface area contributed by atoms with E-state index < -0.39 is 9.84 Å². The van der Waals surface area contributed by atoms with Gasteiger partial charge in [0, 0.05) is 10.9 Å². The summed E-state index contributed by atoms with van der Waals surface area (Å²) in [6, 6.07) is 15.3. The largest absolute Gasteiger partial charge is 0.315 e. The van der Waals surface area contributed by atoms with E-state index in [1.165, 1.54) is 11.8 Å². The molecule has 2 heterocycles. The molecule has 0 spiro atoms. The lowest BCUT2D eigenvalue weighted by Gasteiger charge is -2.26. The number of rotatable bonds is 3. The van der Waals surface area contributed by atoms with Gasteiger partial charge in [-0.05, 0) is 36.6 Å². The van der Waals surface area contributed by atoms with Crippen molar-refractivity contribution >= 4 is 38.4 Å². The Kier molecular flexibility index (Phi) is 5.05. The standard InChI is InChI=1S/C21H22N2O3S2/c1-14-7-6-10-17(15(14)2)23-18-12-28(25,26)13-19(18)27-21(23)22-20(24)11-16-8-4-3-5-9-16/h3-10,18-19H,11-13H2,1-2H3/t18-,19+/m0/s1. The van der Waals surface area contributed by atoms with Gasteiger partial charge in [-0.15, -0.1) is 0 Å². The quantitative estimate of drug-likeness (QED) is 0.772. The van der Waals surface area contributed by atoms with E-state index in [0.29, 0.717) is 5.17 Å². The summed E-state index contributed by atoms with van der Waals surface area (Å²) < 4.78 is 24.4. The van der Waals surface area contributed by atoms with E-state index in [0.717, 1.165) is 22.4 Å². The average Bonchev–Trinajstić information content (AvgIpc) is 3.09. The number of aryl methyl sites for hydroxylation is 1. The number of aliphatic imine (C=N–C) groups is 1. The maximum Gasteiger partial charge on any atom is 0.252 e. The highest BCUT2D eigenvalue weighted by atomic mass is 32.2. The van der Waals surface area contributed by atoms with Gasteiger partial charge in [0.15, 0.2) is 15.0 Å². The second-order valence-electron chi connectivity index (χ2n) is 7.34. The second-order valence-corrected chi connectivity index (χ2v) is 10.7. The van der Waals surface area contributed by atoms with Crippen molar-refractivity contribution in [2.75, 3.05) is 16.4 Å². The Labute approximate surface area is 169 Å². The van der Waals surface area contributed by atoms with Crippen LogP contribution in [0.4, 0.5) is 5.69 Å². The summed E-state index contributed by atoms with van der Waals surface area (Å²) in [5.74, 6) is 0.0198. The highest BCUT2D eigenvalue weighted by Crippen LogP contribution is 2.42. The topological polar surface area (TPSA) is 66.8 Å². The van der Waals surface area contributed by atoms with Crippen molar-refractivity contribution in [1.29, 1.82) is 0 Å². The van der Waals surface area contributed by atoms with Crippen LogP contribution in [0.15, 0.2) is 53.5 Å². The first-order valence-corrected chi connectivity index (χ1v) is 11.9. The predicted octanol–water partition coefficient (Wildman–Crippen LogP) is 3.15. The third-order valence-electron chi connectivity index (χ3n) is 5.32. The number of benzene rings is 2. The zero-order chi connectivity index (χ0) is 19.9. The van der Waals surface area contributed by atoms with E-state index in [4.69, 9.17) is 0 Å². The van der Waals surface area contributed by atoms with E-state index in [9.17, 15) is 13.2 Å². The first kappa shape index (κ1) is 19.2. The van der Waals surface area contributed by atoms with Gasteiger partial charge in [-0.2, -0.15) is 4.99 Å². The molecule has 0 aliphatic carbocycles. The number of amidine groups is 1. The van der Waals surface area contributed by atoms with Crippen molar-refractivity contribution in [3.05, 3.63) is 65.2 Å². The highest BCUT2D eigenvalue weighted by Gasteiger charge is 2.49. The number of carbonyl (C=O) groups is 1. The highest BCUT2D eigenvalue weighted by molar-refractivity contribution is 8.16. The molecule has 146 valence electrons. The van der Waals surface area contributed by atoms with Crippen LogP contribution in [0.3, 0.4) is 0 Å². The van der Waals surface area contributed by atoms with Crippen LogP contribution in [0.2, 0.25) is 0 Å². The maximum absolute atomic E-state index is 12.6. The summed E-state index contributed by atoms with van der Waals surface area (Å²) in [5, 5.41) is 0.521. The van der Waals surface area contributed by atoms with E-state index in [-0.39, 0.29) is 35.1 Å². The number of anilines is 1. The Morgan fingerprint density at radius 2 is 1.86 bits per heavy atom. The molecule has 0 aromatic heterocycles. The number of amides is 1. The smallest absolute Gasteiger partial charge is 0.252 e. The number of fused-ring (bicyclic) bond motifs is 1. The molecule has 2 aliphatic rings. The molecule has 2 atom stereocenters. The van der Waals surface area contributed by atoms with Gasteiger partial charge in [0.2, 0.25) is 0 Å². The summed E-state index contributed by atoms with van der Waals surface area (Å²) in [4.78, 5) is 19.0. The van der Waals surface area contributed by atoms with Crippen LogP contribution < -0.4 is 4.90 Å². The van der Waals surface area contributed by atoms with Crippen LogP contribution in [0, 0.1) is 13.8 Å². The van der Waals surface area contributed by atoms with Crippen molar-refractivity contribution in [2.45, 2.75) is 31.6 Å². The molecule has 0 bridgehead atoms. The molecule has 2 fully saturated rings. The molecule has 0 unspecified atom stereocenters. The van der Waals surface area contributed by atoms with Crippen molar-refractivity contribution < 1.29 is 13.2 Å². The molecule has 4 rings (SSSR count). The van der Waals surface area contributed by atoms with Gasteiger partial charge >= 0.3 is 0 Å². The first-order chi connectivity index (χ1) is 13.3. The molecule has 7 heteroatoms. The van der Waals surface area contributed by atoms with E-state index in [2.05, 4.69) is 4.99 Å². The minimum atomic E-state index is -3.07. The molecule has 0 saturated carbocycles. The fourth-order valence-electron chi connectivity index (χ4n) is 3.76. The lowest BCUT2D eigenvalue weighted by atomic mass is 10.1. The number of sulfone groups is 1. The molecule has 2 aromatic rings. The van der Waals surface area contributed by atoms with Gasteiger partial charge < -0.3 is 4.90 Å². The fourth-order valence-corrected chi connectivity index (χ4v) is 7.68. The Hall–Kier alpha value is -2.12. The molecule has 1 amide bonds. The third-order valence-corrected chi connectivity index (χ3v) is 8.53. The van der Waals surface area contributed by atoms with Gasteiger partial charge in [-0.25, -0.2) is 8.42 Å². The summed E-state index contributed by atoms with van der Waals surface area (Å²) in [5.41, 5.74) is 4.06. The van der Waals surface area contributed by atoms with Gasteiger partial charge in [0.1, 0.15) is 0 Å². The molecule has 2 aliphatic heterocycles. The lowest BCUT2D eigenvalue weighted by molar-refractivity contribution is -0.117. The van der Waals surface area contributed by atoms with Crippen LogP contribution in [-0.4, -0.2) is 42.3 Å². The lowest BCUT2D eigenvalue weighted by Crippen LogP contribution is -2.38. The molecular weight excluding hydrogens is 392 g/mol. The minimum absolute atomic E-state index is 0.0896. The van der Waals surface area contributed by atoms with Crippen LogP contribution in [0.5, 0.6) is 0 Å². The van der Waals surface area contributed by atoms with Gasteiger partial charge in [-0.1, -0.05) is 54.2 Å². The molecule has 0 N–H and O–H groups in total. The normalized spacial score (nSPS) is 24.5. The van der Waals surface area contributed by atoms with E-state index in [1.54, 1.807) is 0 Å². The maximum atomic E-state index is 12.6. The Bertz CT molecular complexity index is 1050. The Morgan fingerprint density at radius 1 is 1.11 bits per heavy atom. The number of nitrogens with zero attached hydrogens (tertiary/aromatic N) is 2. The second kappa shape index (κ2) is 7.37. The van der Waals surface area contributed by atoms with Gasteiger partial charge in [-0.3, -0.25) is 4.79 Å². The van der Waals surface area contributed by atoms with Gasteiger partial charge in [0.25, 0.3) is 5.91 Å². The molecule has 28 heavy (non-hydrogen) atoms. The zero-order valence-corrected chi connectivity index (χ0v) is 17.5. The van der Waals surface area contributed by atoms with Crippen molar-refractivity contribution in [1.82, 2.24) is 0 Å². The molecule has 5 nitrogen and oxygen atoms in total. The monoisotopic (exact) mass is 414 g/mol. The summed E-state index contributed by atoms with van der Waals surface area (Å²) in [6.07, 6.45) is 0.235. The molecule has 2 saturated heterocycles. The number of thioether (sulfide) groups is 1. The van der Waals surface area contributed by atoms with Crippen molar-refractivity contribution in [3.8, 4) is 0 Å². The predicted molar refractivity (Wildman–Crippen MR) is 115 cm³/mol. The van der Waals surface area contributed by atoms with Crippen LogP contribution in [0.1, 0.15) is 16.7 Å². The molecular formula is C21H22N2O3S2. The van der Waals surface area contributed by atoms with Crippen LogP contribution in [0.25, 0.3) is 0 Å². The van der Waals surface area contributed by atoms with Crippen LogP contribution in [-0.2, 0) is 21.1 Å². The Balaban J connectivity index is 1.69.